The molecule has 4 rings (SSSR count). The van der Waals surface area contributed by atoms with Crippen LogP contribution in [-0.2, 0) is 13.2 Å². The summed E-state index contributed by atoms with van der Waals surface area (Å²) < 4.78 is 44.4. The lowest BCUT2D eigenvalue weighted by atomic mass is 10.1. The van der Waals surface area contributed by atoms with Crippen molar-refractivity contribution >= 4 is 17.3 Å². The van der Waals surface area contributed by atoms with E-state index in [9.17, 15) is 18.0 Å². The normalized spacial score (nSPS) is 11.7. The van der Waals surface area contributed by atoms with Gasteiger partial charge in [-0.25, -0.2) is 4.68 Å². The number of likely N-dealkylation sites (N-methyl/N-ethyl adjacent to an activating group) is 2. The van der Waals surface area contributed by atoms with Gasteiger partial charge in [0.1, 0.15) is 5.69 Å². The summed E-state index contributed by atoms with van der Waals surface area (Å²) in [6, 6.07) is 8.59. The number of alkyl halides is 3. The van der Waals surface area contributed by atoms with Crippen LogP contribution in [0.4, 0.5) is 24.5 Å². The number of aryl methyl sites for hydroxylation is 2. The smallest absolute Gasteiger partial charge is 0.373 e. The van der Waals surface area contributed by atoms with Crippen molar-refractivity contribution in [2.75, 3.05) is 44.4 Å². The number of nitrogens with zero attached hydrogens (tertiary/aromatic N) is 7. The van der Waals surface area contributed by atoms with Crippen molar-refractivity contribution in [2.24, 2.45) is 7.05 Å². The third-order valence-corrected chi connectivity index (χ3v) is 6.55. The molecule has 0 aliphatic heterocycles. The Hall–Kier alpha value is -4.19. The SMILES string of the molecule is Cc1ccc(NC(=O)c2cc(N(C)CCN(C)C)cc(C(F)(F)F)c2)cc1-n1cc(-c2cnn(C)c2C)nn1. The number of nitrogens with one attached hydrogen (secondary N) is 1. The summed E-state index contributed by atoms with van der Waals surface area (Å²) in [5.74, 6) is -0.650. The van der Waals surface area contributed by atoms with Gasteiger partial charge in [-0.2, -0.15) is 18.3 Å². The molecule has 2 aromatic carbocycles. The number of anilines is 2. The molecule has 0 aliphatic carbocycles. The first-order valence-electron chi connectivity index (χ1n) is 12.3. The molecule has 9 nitrogen and oxygen atoms in total. The molecule has 12 heteroatoms. The minimum atomic E-state index is -4.60. The summed E-state index contributed by atoms with van der Waals surface area (Å²) in [4.78, 5) is 16.8. The van der Waals surface area contributed by atoms with E-state index in [4.69, 9.17) is 0 Å². The number of hydrogen-bond donors (Lipinski definition) is 1. The van der Waals surface area contributed by atoms with Crippen LogP contribution < -0.4 is 10.2 Å². The van der Waals surface area contributed by atoms with Crippen LogP contribution in [0.25, 0.3) is 16.9 Å². The minimum absolute atomic E-state index is 0.0891. The zero-order valence-electron chi connectivity index (χ0n) is 22.7. The predicted molar refractivity (Wildman–Crippen MR) is 144 cm³/mol. The number of carbonyl (C=O) groups excluding carboxylic acids is 1. The van der Waals surface area contributed by atoms with E-state index in [-0.39, 0.29) is 5.56 Å². The summed E-state index contributed by atoms with van der Waals surface area (Å²) >= 11 is 0. The van der Waals surface area contributed by atoms with Gasteiger partial charge in [0.2, 0.25) is 0 Å². The second kappa shape index (κ2) is 10.9. The highest BCUT2D eigenvalue weighted by molar-refractivity contribution is 6.05. The van der Waals surface area contributed by atoms with Crippen LogP contribution in [0, 0.1) is 13.8 Å². The fourth-order valence-corrected chi connectivity index (χ4v) is 4.00. The predicted octanol–water partition coefficient (Wildman–Crippen LogP) is 4.55. The molecule has 0 saturated carbocycles. The summed E-state index contributed by atoms with van der Waals surface area (Å²) in [5, 5.41) is 15.5. The Morgan fingerprint density at radius 1 is 1.05 bits per heavy atom. The molecule has 0 bridgehead atoms. The quantitative estimate of drug-likeness (QED) is 0.353. The Kier molecular flexibility index (Phi) is 7.77. The van der Waals surface area contributed by atoms with Gasteiger partial charge in [0.25, 0.3) is 5.91 Å². The van der Waals surface area contributed by atoms with Gasteiger partial charge in [-0.15, -0.1) is 5.10 Å². The monoisotopic (exact) mass is 540 g/mol. The van der Waals surface area contributed by atoms with Crippen molar-refractivity contribution in [2.45, 2.75) is 20.0 Å². The van der Waals surface area contributed by atoms with E-state index in [0.29, 0.717) is 35.8 Å². The van der Waals surface area contributed by atoms with E-state index in [1.807, 2.05) is 39.9 Å². The Morgan fingerprint density at radius 3 is 2.44 bits per heavy atom. The highest BCUT2D eigenvalue weighted by Crippen LogP contribution is 2.33. The van der Waals surface area contributed by atoms with Gasteiger partial charge in [-0.3, -0.25) is 9.48 Å². The van der Waals surface area contributed by atoms with Gasteiger partial charge in [-0.05, 0) is 63.8 Å². The van der Waals surface area contributed by atoms with Gasteiger partial charge in [0.05, 0.1) is 23.6 Å². The van der Waals surface area contributed by atoms with Crippen molar-refractivity contribution in [1.82, 2.24) is 29.7 Å². The highest BCUT2D eigenvalue weighted by atomic mass is 19.4. The molecule has 2 heterocycles. The van der Waals surface area contributed by atoms with Crippen LogP contribution in [0.2, 0.25) is 0 Å². The van der Waals surface area contributed by atoms with E-state index in [1.54, 1.807) is 51.9 Å². The average molecular weight is 541 g/mol. The first-order chi connectivity index (χ1) is 18.3. The molecule has 0 spiro atoms. The molecule has 0 unspecified atom stereocenters. The third-order valence-electron chi connectivity index (χ3n) is 6.55. The minimum Gasteiger partial charge on any atom is -0.373 e. The number of benzene rings is 2. The zero-order valence-corrected chi connectivity index (χ0v) is 22.7. The molecule has 1 N–H and O–H groups in total. The Balaban J connectivity index is 1.61. The molecule has 39 heavy (non-hydrogen) atoms. The van der Waals surface area contributed by atoms with Crippen molar-refractivity contribution in [3.63, 3.8) is 0 Å². The molecule has 0 saturated heterocycles. The number of rotatable bonds is 8. The maximum Gasteiger partial charge on any atom is 0.416 e. The molecule has 0 fully saturated rings. The second-order valence-corrected chi connectivity index (χ2v) is 9.76. The molecule has 0 aliphatic rings. The van der Waals surface area contributed by atoms with E-state index in [0.717, 1.165) is 29.0 Å². The lowest BCUT2D eigenvalue weighted by Crippen LogP contribution is -2.29. The third kappa shape index (κ3) is 6.28. The van der Waals surface area contributed by atoms with Gasteiger partial charge in [0, 0.05) is 55.4 Å². The molecular formula is C27H31F3N8O. The molecule has 0 radical (unpaired) electrons. The van der Waals surface area contributed by atoms with Crippen molar-refractivity contribution < 1.29 is 18.0 Å². The van der Waals surface area contributed by atoms with Crippen LogP contribution in [0.1, 0.15) is 27.2 Å². The molecule has 2 aromatic heterocycles. The number of aromatic nitrogens is 5. The standard InChI is InChI=1S/C27H31F3N8O/c1-17-7-8-21(14-25(17)38-16-24(33-34-38)23-15-31-37(6)18(23)2)32-26(39)19-11-20(27(28,29)30)13-22(12-19)36(5)10-9-35(3)4/h7-8,11-16H,9-10H2,1-6H3,(H,32,39). The van der Waals surface area contributed by atoms with E-state index in [1.165, 1.54) is 6.07 Å². The van der Waals surface area contributed by atoms with Gasteiger partial charge in [0.15, 0.2) is 0 Å². The van der Waals surface area contributed by atoms with E-state index >= 15 is 0 Å². The molecule has 206 valence electrons. The Morgan fingerprint density at radius 2 is 1.79 bits per heavy atom. The lowest BCUT2D eigenvalue weighted by molar-refractivity contribution is -0.137. The fourth-order valence-electron chi connectivity index (χ4n) is 4.00. The molecular weight excluding hydrogens is 509 g/mol. The maximum absolute atomic E-state index is 13.7. The van der Waals surface area contributed by atoms with Gasteiger partial charge in [-0.1, -0.05) is 11.3 Å². The second-order valence-electron chi connectivity index (χ2n) is 9.76. The fraction of sp³-hybridized carbons (Fsp3) is 0.333. The summed E-state index contributed by atoms with van der Waals surface area (Å²) in [6.07, 6.45) is -1.11. The first kappa shape index (κ1) is 27.8. The number of hydrogen-bond acceptors (Lipinski definition) is 6. The number of carbonyl (C=O) groups is 1. The maximum atomic E-state index is 13.7. The molecule has 0 atom stereocenters. The number of halogens is 3. The van der Waals surface area contributed by atoms with Crippen molar-refractivity contribution in [3.8, 4) is 16.9 Å². The summed E-state index contributed by atoms with van der Waals surface area (Å²) in [7, 11) is 7.31. The van der Waals surface area contributed by atoms with Crippen LogP contribution >= 0.6 is 0 Å². The highest BCUT2D eigenvalue weighted by Gasteiger charge is 2.32. The van der Waals surface area contributed by atoms with Crippen LogP contribution in [0.5, 0.6) is 0 Å². The topological polar surface area (TPSA) is 84.1 Å². The summed E-state index contributed by atoms with van der Waals surface area (Å²) in [6.45, 7) is 4.96. The lowest BCUT2D eigenvalue weighted by Gasteiger charge is -2.23. The largest absolute Gasteiger partial charge is 0.416 e. The van der Waals surface area contributed by atoms with Crippen LogP contribution in [-0.4, -0.2) is 69.8 Å². The average Bonchev–Trinajstić information content (AvgIpc) is 3.49. The summed E-state index contributed by atoms with van der Waals surface area (Å²) in [5.41, 5.74) is 3.72. The van der Waals surface area contributed by atoms with Gasteiger partial charge >= 0.3 is 6.18 Å². The van der Waals surface area contributed by atoms with Gasteiger partial charge < -0.3 is 15.1 Å². The zero-order chi connectivity index (χ0) is 28.5. The Bertz CT molecular complexity index is 1490. The molecule has 1 amide bonds. The van der Waals surface area contributed by atoms with E-state index in [2.05, 4.69) is 20.7 Å². The molecule has 4 aromatic rings. The Labute approximate surface area is 224 Å². The van der Waals surface area contributed by atoms with Crippen LogP contribution in [0.15, 0.2) is 48.8 Å². The first-order valence-corrected chi connectivity index (χ1v) is 12.3. The van der Waals surface area contributed by atoms with Crippen molar-refractivity contribution in [3.05, 3.63) is 71.2 Å². The number of amides is 1. The van der Waals surface area contributed by atoms with E-state index < -0.39 is 17.6 Å². The van der Waals surface area contributed by atoms with Crippen LogP contribution in [0.3, 0.4) is 0 Å². The van der Waals surface area contributed by atoms with Crippen molar-refractivity contribution in [1.29, 1.82) is 0 Å².